The van der Waals surface area contributed by atoms with Crippen LogP contribution >= 0.6 is 11.3 Å². The summed E-state index contributed by atoms with van der Waals surface area (Å²) >= 11 is 1.48. The Balaban J connectivity index is 1.37. The Kier molecular flexibility index (Phi) is 4.43. The zero-order valence-corrected chi connectivity index (χ0v) is 16.0. The first-order chi connectivity index (χ1) is 13.8. The summed E-state index contributed by atoms with van der Waals surface area (Å²) in [6.07, 6.45) is 4.89. The van der Waals surface area contributed by atoms with Crippen LogP contribution in [0.2, 0.25) is 0 Å². The van der Waals surface area contributed by atoms with Crippen molar-refractivity contribution in [3.8, 4) is 11.3 Å². The molecule has 0 bridgehead atoms. The van der Waals surface area contributed by atoms with Crippen molar-refractivity contribution in [2.75, 3.05) is 13.1 Å². The Morgan fingerprint density at radius 1 is 1.18 bits per heavy atom. The minimum absolute atomic E-state index is 0.106. The van der Waals surface area contributed by atoms with Gasteiger partial charge in [0, 0.05) is 24.0 Å². The minimum Gasteiger partial charge on any atom is -0.464 e. The van der Waals surface area contributed by atoms with Gasteiger partial charge in [-0.1, -0.05) is 36.4 Å². The maximum Gasteiger partial charge on any atom is 0.260 e. The second-order valence-corrected chi connectivity index (χ2v) is 7.76. The Morgan fingerprint density at radius 3 is 2.82 bits per heavy atom. The number of nitrogens with one attached hydrogen (secondary N) is 1. The molecule has 0 amide bonds. The maximum absolute atomic E-state index is 12.7. The summed E-state index contributed by atoms with van der Waals surface area (Å²) in [4.78, 5) is 23.4. The van der Waals surface area contributed by atoms with Gasteiger partial charge in [-0.25, -0.2) is 4.98 Å². The SMILES string of the molecule is O=c1[nH]c(CN2CC=C(c3ccccc3)CC2)nc2scc(-c3ccco3)c12. The van der Waals surface area contributed by atoms with E-state index >= 15 is 0 Å². The van der Waals surface area contributed by atoms with Crippen LogP contribution in [-0.4, -0.2) is 28.0 Å². The number of aromatic nitrogens is 2. The molecule has 0 atom stereocenters. The lowest BCUT2D eigenvalue weighted by molar-refractivity contribution is 0.286. The highest BCUT2D eigenvalue weighted by Gasteiger charge is 2.17. The van der Waals surface area contributed by atoms with Crippen molar-refractivity contribution in [1.29, 1.82) is 0 Å². The van der Waals surface area contributed by atoms with Crippen LogP contribution in [0.15, 0.2) is 69.4 Å². The minimum atomic E-state index is -0.106. The molecule has 1 aromatic carbocycles. The summed E-state index contributed by atoms with van der Waals surface area (Å²) in [5.74, 6) is 1.41. The third-order valence-corrected chi connectivity index (χ3v) is 5.96. The van der Waals surface area contributed by atoms with Crippen LogP contribution in [0, 0.1) is 0 Å². The third kappa shape index (κ3) is 3.21. The van der Waals surface area contributed by atoms with Crippen molar-refractivity contribution >= 4 is 27.1 Å². The topological polar surface area (TPSA) is 62.1 Å². The number of hydrogen-bond donors (Lipinski definition) is 1. The fourth-order valence-corrected chi connectivity index (χ4v) is 4.61. The number of aromatic amines is 1. The van der Waals surface area contributed by atoms with Crippen LogP contribution in [0.3, 0.4) is 0 Å². The molecule has 140 valence electrons. The van der Waals surface area contributed by atoms with Gasteiger partial charge in [-0.05, 0) is 29.7 Å². The van der Waals surface area contributed by atoms with E-state index in [9.17, 15) is 4.79 Å². The summed E-state index contributed by atoms with van der Waals surface area (Å²) in [6.45, 7) is 2.44. The average molecular weight is 389 g/mol. The number of fused-ring (bicyclic) bond motifs is 1. The van der Waals surface area contributed by atoms with E-state index in [2.05, 4.69) is 40.2 Å². The molecule has 4 heterocycles. The van der Waals surface area contributed by atoms with Crippen molar-refractivity contribution in [2.24, 2.45) is 0 Å². The number of furan rings is 1. The van der Waals surface area contributed by atoms with Gasteiger partial charge in [0.05, 0.1) is 18.2 Å². The molecule has 0 saturated heterocycles. The quantitative estimate of drug-likeness (QED) is 0.557. The number of H-pyrrole nitrogens is 1. The average Bonchev–Trinajstić information content (AvgIpc) is 3.39. The molecule has 1 aliphatic heterocycles. The Morgan fingerprint density at radius 2 is 2.07 bits per heavy atom. The van der Waals surface area contributed by atoms with Gasteiger partial charge in [0.15, 0.2) is 0 Å². The van der Waals surface area contributed by atoms with E-state index in [1.165, 1.54) is 22.5 Å². The summed E-state index contributed by atoms with van der Waals surface area (Å²) < 4.78 is 5.45. The largest absolute Gasteiger partial charge is 0.464 e. The Labute approximate surface area is 166 Å². The molecule has 0 fully saturated rings. The van der Waals surface area contributed by atoms with E-state index in [0.29, 0.717) is 23.5 Å². The Bertz CT molecular complexity index is 1190. The van der Waals surface area contributed by atoms with Gasteiger partial charge in [0.2, 0.25) is 0 Å². The summed E-state index contributed by atoms with van der Waals surface area (Å²) in [5, 5.41) is 2.54. The normalized spacial score (nSPS) is 15.1. The predicted molar refractivity (Wildman–Crippen MR) is 112 cm³/mol. The van der Waals surface area contributed by atoms with Crippen molar-refractivity contribution in [3.05, 3.63) is 81.9 Å². The second-order valence-electron chi connectivity index (χ2n) is 6.90. The lowest BCUT2D eigenvalue weighted by atomic mass is 10.00. The van der Waals surface area contributed by atoms with Crippen LogP contribution in [0.5, 0.6) is 0 Å². The molecule has 0 spiro atoms. The molecule has 6 heteroatoms. The van der Waals surface area contributed by atoms with E-state index in [1.54, 1.807) is 6.26 Å². The fourth-order valence-electron chi connectivity index (χ4n) is 3.66. The molecule has 4 aromatic rings. The number of thiophene rings is 1. The van der Waals surface area contributed by atoms with E-state index in [4.69, 9.17) is 9.40 Å². The molecule has 3 aromatic heterocycles. The van der Waals surface area contributed by atoms with Gasteiger partial charge >= 0.3 is 0 Å². The molecule has 5 nitrogen and oxygen atoms in total. The van der Waals surface area contributed by atoms with E-state index in [0.717, 1.165) is 29.9 Å². The molecule has 0 saturated carbocycles. The first kappa shape index (κ1) is 17.2. The monoisotopic (exact) mass is 389 g/mol. The number of rotatable bonds is 4. The van der Waals surface area contributed by atoms with Crippen LogP contribution in [0.25, 0.3) is 27.1 Å². The van der Waals surface area contributed by atoms with Crippen LogP contribution in [-0.2, 0) is 6.54 Å². The highest BCUT2D eigenvalue weighted by molar-refractivity contribution is 7.17. The van der Waals surface area contributed by atoms with Gasteiger partial charge in [0.25, 0.3) is 5.56 Å². The maximum atomic E-state index is 12.7. The molecule has 1 N–H and O–H groups in total. The standard InChI is InChI=1S/C22H19N3O2S/c26-21-20-17(18-7-4-12-27-18)14-28-22(20)24-19(23-21)13-25-10-8-16(9-11-25)15-5-2-1-3-6-15/h1-8,12,14H,9-11,13H2,(H,23,24,26). The molecule has 1 aliphatic rings. The van der Waals surface area contributed by atoms with E-state index < -0.39 is 0 Å². The smallest absolute Gasteiger partial charge is 0.260 e. The van der Waals surface area contributed by atoms with Crippen LogP contribution in [0.4, 0.5) is 0 Å². The first-order valence-corrected chi connectivity index (χ1v) is 10.2. The highest BCUT2D eigenvalue weighted by atomic mass is 32.1. The van der Waals surface area contributed by atoms with Crippen LogP contribution < -0.4 is 5.56 Å². The lowest BCUT2D eigenvalue weighted by Crippen LogP contribution is -2.29. The molecular formula is C22H19N3O2S. The number of benzene rings is 1. The van der Waals surface area contributed by atoms with Crippen LogP contribution in [0.1, 0.15) is 17.8 Å². The molecule has 0 radical (unpaired) electrons. The third-order valence-electron chi connectivity index (χ3n) is 5.09. The number of hydrogen-bond acceptors (Lipinski definition) is 5. The van der Waals surface area contributed by atoms with Gasteiger partial charge in [0.1, 0.15) is 16.4 Å². The lowest BCUT2D eigenvalue weighted by Gasteiger charge is -2.25. The summed E-state index contributed by atoms with van der Waals surface area (Å²) in [6, 6.07) is 14.2. The Hall–Kier alpha value is -2.96. The molecular weight excluding hydrogens is 370 g/mol. The van der Waals surface area contributed by atoms with Crippen molar-refractivity contribution in [3.63, 3.8) is 0 Å². The fraction of sp³-hybridized carbons (Fsp3) is 0.182. The van der Waals surface area contributed by atoms with Gasteiger partial charge in [-0.2, -0.15) is 0 Å². The molecule has 5 rings (SSSR count). The van der Waals surface area contributed by atoms with E-state index in [1.807, 2.05) is 23.6 Å². The van der Waals surface area contributed by atoms with Crippen molar-refractivity contribution in [2.45, 2.75) is 13.0 Å². The molecule has 0 unspecified atom stereocenters. The summed E-state index contributed by atoms with van der Waals surface area (Å²) in [5.41, 5.74) is 3.37. The van der Waals surface area contributed by atoms with Gasteiger partial charge in [-0.3, -0.25) is 9.69 Å². The zero-order valence-electron chi connectivity index (χ0n) is 15.2. The van der Waals surface area contributed by atoms with Gasteiger partial charge in [-0.15, -0.1) is 11.3 Å². The highest BCUT2D eigenvalue weighted by Crippen LogP contribution is 2.31. The van der Waals surface area contributed by atoms with Gasteiger partial charge < -0.3 is 9.40 Å². The number of nitrogens with zero attached hydrogens (tertiary/aromatic N) is 2. The molecule has 28 heavy (non-hydrogen) atoms. The first-order valence-electron chi connectivity index (χ1n) is 9.29. The molecule has 0 aliphatic carbocycles. The van der Waals surface area contributed by atoms with Crippen molar-refractivity contribution < 1.29 is 4.42 Å². The van der Waals surface area contributed by atoms with E-state index in [-0.39, 0.29) is 5.56 Å². The van der Waals surface area contributed by atoms with Crippen molar-refractivity contribution in [1.82, 2.24) is 14.9 Å². The second kappa shape index (κ2) is 7.22. The predicted octanol–water partition coefficient (Wildman–Crippen LogP) is 4.53. The zero-order chi connectivity index (χ0) is 18.9. The summed E-state index contributed by atoms with van der Waals surface area (Å²) in [7, 11) is 0.